The number of aryl methyl sites for hydroxylation is 1. The van der Waals surface area contributed by atoms with E-state index in [9.17, 15) is 0 Å². The summed E-state index contributed by atoms with van der Waals surface area (Å²) < 4.78 is 5.39. The second kappa shape index (κ2) is 6.62. The van der Waals surface area contributed by atoms with Crippen LogP contribution in [0.2, 0.25) is 0 Å². The first-order chi connectivity index (χ1) is 13.1. The van der Waals surface area contributed by atoms with Crippen molar-refractivity contribution in [3.05, 3.63) is 41.4 Å². The lowest BCUT2D eigenvalue weighted by atomic mass is 10.0. The number of rotatable bonds is 4. The molecule has 5 heterocycles. The van der Waals surface area contributed by atoms with E-state index in [1.807, 2.05) is 12.4 Å². The SMILES string of the molecule is Cc1c[nH]c2ncc(C3C=C(C4CCN(C5COC5)C4)N(C(C)C)N3)cc12. The van der Waals surface area contributed by atoms with Gasteiger partial charge in [0.05, 0.1) is 25.3 Å². The topological polar surface area (TPSA) is 56.4 Å². The number of pyridine rings is 1. The third-order valence-electron chi connectivity index (χ3n) is 6.30. The van der Waals surface area contributed by atoms with Crippen LogP contribution in [0.3, 0.4) is 0 Å². The average Bonchev–Trinajstić information content (AvgIpc) is 3.31. The molecular weight excluding hydrogens is 338 g/mol. The van der Waals surface area contributed by atoms with Crippen LogP contribution in [-0.2, 0) is 4.74 Å². The number of ether oxygens (including phenoxy) is 1. The maximum absolute atomic E-state index is 5.39. The van der Waals surface area contributed by atoms with Crippen LogP contribution in [-0.4, -0.2) is 58.3 Å². The summed E-state index contributed by atoms with van der Waals surface area (Å²) in [7, 11) is 0. The summed E-state index contributed by atoms with van der Waals surface area (Å²) in [5.41, 5.74) is 8.62. The molecule has 0 spiro atoms. The second-order valence-corrected chi connectivity index (χ2v) is 8.47. The van der Waals surface area contributed by atoms with Gasteiger partial charge in [-0.15, -0.1) is 0 Å². The summed E-state index contributed by atoms with van der Waals surface area (Å²) in [5, 5.41) is 3.59. The van der Waals surface area contributed by atoms with E-state index in [0.717, 1.165) is 25.4 Å². The number of hydrazine groups is 1. The quantitative estimate of drug-likeness (QED) is 0.870. The predicted octanol–water partition coefficient (Wildman–Crippen LogP) is 2.75. The summed E-state index contributed by atoms with van der Waals surface area (Å²) in [6.45, 7) is 10.8. The maximum atomic E-state index is 5.39. The number of hydrogen-bond acceptors (Lipinski definition) is 5. The minimum absolute atomic E-state index is 0.190. The van der Waals surface area contributed by atoms with Gasteiger partial charge in [-0.3, -0.25) is 4.90 Å². The zero-order chi connectivity index (χ0) is 18.5. The summed E-state index contributed by atoms with van der Waals surface area (Å²) in [6, 6.07) is 3.52. The molecule has 2 atom stereocenters. The molecule has 0 amide bonds. The molecule has 6 heteroatoms. The molecule has 0 aromatic carbocycles. The first-order valence-corrected chi connectivity index (χ1v) is 10.1. The summed E-state index contributed by atoms with van der Waals surface area (Å²) in [5.74, 6) is 0.594. The molecule has 0 saturated carbocycles. The highest BCUT2D eigenvalue weighted by atomic mass is 16.5. The van der Waals surface area contributed by atoms with Gasteiger partial charge in [0.25, 0.3) is 0 Å². The zero-order valence-corrected chi connectivity index (χ0v) is 16.4. The number of nitrogens with one attached hydrogen (secondary N) is 2. The average molecular weight is 367 g/mol. The van der Waals surface area contributed by atoms with Crippen molar-refractivity contribution in [2.24, 2.45) is 5.92 Å². The summed E-state index contributed by atoms with van der Waals surface area (Å²) in [6.07, 6.45) is 7.69. The van der Waals surface area contributed by atoms with Crippen LogP contribution in [0.1, 0.15) is 37.4 Å². The number of nitrogens with zero attached hydrogens (tertiary/aromatic N) is 3. The Morgan fingerprint density at radius 1 is 1.30 bits per heavy atom. The molecule has 5 rings (SSSR count). The van der Waals surface area contributed by atoms with Gasteiger partial charge in [0.15, 0.2) is 0 Å². The molecule has 0 aliphatic carbocycles. The molecule has 3 aliphatic heterocycles. The predicted molar refractivity (Wildman–Crippen MR) is 106 cm³/mol. The van der Waals surface area contributed by atoms with Crippen LogP contribution in [0.25, 0.3) is 11.0 Å². The van der Waals surface area contributed by atoms with Crippen molar-refractivity contribution in [2.45, 2.75) is 45.3 Å². The first-order valence-electron chi connectivity index (χ1n) is 10.1. The normalized spacial score (nSPS) is 27.0. The summed E-state index contributed by atoms with van der Waals surface area (Å²) in [4.78, 5) is 10.5. The van der Waals surface area contributed by atoms with Gasteiger partial charge in [0.1, 0.15) is 5.65 Å². The van der Waals surface area contributed by atoms with Crippen molar-refractivity contribution >= 4 is 11.0 Å². The molecule has 2 aromatic rings. The van der Waals surface area contributed by atoms with Crippen LogP contribution in [0.5, 0.6) is 0 Å². The Bertz CT molecular complexity index is 869. The van der Waals surface area contributed by atoms with Gasteiger partial charge in [-0.2, -0.15) is 0 Å². The molecular formula is C21H29N5O. The van der Waals surface area contributed by atoms with Gasteiger partial charge in [-0.25, -0.2) is 10.4 Å². The number of H-pyrrole nitrogens is 1. The molecule has 0 bridgehead atoms. The number of aromatic amines is 1. The van der Waals surface area contributed by atoms with Crippen molar-refractivity contribution in [1.29, 1.82) is 0 Å². The molecule has 3 aliphatic rings. The number of hydrogen-bond donors (Lipinski definition) is 2. The molecule has 2 fully saturated rings. The summed E-state index contributed by atoms with van der Waals surface area (Å²) >= 11 is 0. The molecule has 2 saturated heterocycles. The Hall–Kier alpha value is -1.89. The number of fused-ring (bicyclic) bond motifs is 1. The Kier molecular flexibility index (Phi) is 4.22. The third-order valence-corrected chi connectivity index (χ3v) is 6.30. The lowest BCUT2D eigenvalue weighted by Crippen LogP contribution is -2.48. The monoisotopic (exact) mass is 367 g/mol. The van der Waals surface area contributed by atoms with Crippen molar-refractivity contribution in [2.75, 3.05) is 26.3 Å². The maximum Gasteiger partial charge on any atom is 0.137 e. The van der Waals surface area contributed by atoms with Crippen LogP contribution < -0.4 is 5.43 Å². The third kappa shape index (κ3) is 2.96. The van der Waals surface area contributed by atoms with Gasteiger partial charge in [0, 0.05) is 42.0 Å². The van der Waals surface area contributed by atoms with Crippen molar-refractivity contribution in [1.82, 2.24) is 25.3 Å². The largest absolute Gasteiger partial charge is 0.378 e. The Morgan fingerprint density at radius 3 is 2.89 bits per heavy atom. The Labute approximate surface area is 160 Å². The molecule has 0 radical (unpaired) electrons. The van der Waals surface area contributed by atoms with E-state index in [4.69, 9.17) is 4.74 Å². The number of aromatic nitrogens is 2. The fourth-order valence-corrected chi connectivity index (χ4v) is 4.58. The van der Waals surface area contributed by atoms with E-state index in [-0.39, 0.29) is 6.04 Å². The molecule has 2 N–H and O–H groups in total. The van der Waals surface area contributed by atoms with Gasteiger partial charge < -0.3 is 14.7 Å². The molecule has 6 nitrogen and oxygen atoms in total. The minimum Gasteiger partial charge on any atom is -0.378 e. The smallest absolute Gasteiger partial charge is 0.137 e. The van der Waals surface area contributed by atoms with Crippen LogP contribution in [0.15, 0.2) is 30.2 Å². The van der Waals surface area contributed by atoms with E-state index >= 15 is 0 Å². The Morgan fingerprint density at radius 2 is 2.15 bits per heavy atom. The molecule has 2 unspecified atom stereocenters. The van der Waals surface area contributed by atoms with E-state index in [1.54, 1.807) is 0 Å². The van der Waals surface area contributed by atoms with E-state index in [2.05, 4.69) is 58.2 Å². The van der Waals surface area contributed by atoms with Crippen LogP contribution >= 0.6 is 0 Å². The van der Waals surface area contributed by atoms with Gasteiger partial charge >= 0.3 is 0 Å². The van der Waals surface area contributed by atoms with E-state index < -0.39 is 0 Å². The highest BCUT2D eigenvalue weighted by Crippen LogP contribution is 2.36. The first kappa shape index (κ1) is 17.2. The lowest BCUT2D eigenvalue weighted by Gasteiger charge is -2.35. The van der Waals surface area contributed by atoms with Crippen LogP contribution in [0.4, 0.5) is 0 Å². The van der Waals surface area contributed by atoms with Crippen molar-refractivity contribution in [3.63, 3.8) is 0 Å². The van der Waals surface area contributed by atoms with E-state index in [1.165, 1.54) is 35.2 Å². The van der Waals surface area contributed by atoms with Gasteiger partial charge in [-0.05, 0) is 57.0 Å². The highest BCUT2D eigenvalue weighted by molar-refractivity contribution is 5.80. The fraction of sp³-hybridized carbons (Fsp3) is 0.571. The van der Waals surface area contributed by atoms with Crippen molar-refractivity contribution in [3.8, 4) is 0 Å². The Balaban J connectivity index is 1.41. The van der Waals surface area contributed by atoms with Crippen molar-refractivity contribution < 1.29 is 4.74 Å². The number of likely N-dealkylation sites (tertiary alicyclic amines) is 1. The minimum atomic E-state index is 0.190. The molecule has 2 aromatic heterocycles. The van der Waals surface area contributed by atoms with Crippen LogP contribution in [0, 0.1) is 12.8 Å². The molecule has 27 heavy (non-hydrogen) atoms. The zero-order valence-electron chi connectivity index (χ0n) is 16.4. The lowest BCUT2D eigenvalue weighted by molar-refractivity contribution is -0.0579. The standard InChI is InChI=1S/C21H29N5O/c1-13(2)26-20(15-4-5-25(10-15)17-11-27-12-17)7-19(24-26)16-6-18-14(3)8-22-21(18)23-9-16/h6-9,13,15,17,19,24H,4-5,10-12H2,1-3H3,(H,22,23). The second-order valence-electron chi connectivity index (χ2n) is 8.47. The highest BCUT2D eigenvalue weighted by Gasteiger charge is 2.38. The van der Waals surface area contributed by atoms with Gasteiger partial charge in [-0.1, -0.05) is 0 Å². The molecule has 144 valence electrons. The fourth-order valence-electron chi connectivity index (χ4n) is 4.58. The van der Waals surface area contributed by atoms with Gasteiger partial charge in [0.2, 0.25) is 0 Å². The van der Waals surface area contributed by atoms with E-state index in [0.29, 0.717) is 18.0 Å².